The molecule has 1 amide bonds. The molecule has 0 unspecified atom stereocenters. The van der Waals surface area contributed by atoms with Crippen molar-refractivity contribution in [2.24, 2.45) is 0 Å². The Kier molecular flexibility index (Phi) is 7.01. The predicted molar refractivity (Wildman–Crippen MR) is 110 cm³/mol. The summed E-state index contributed by atoms with van der Waals surface area (Å²) < 4.78 is 72.6. The van der Waals surface area contributed by atoms with Crippen LogP contribution in [-0.4, -0.2) is 38.8 Å². The van der Waals surface area contributed by atoms with Gasteiger partial charge in [0, 0.05) is 19.2 Å². The summed E-state index contributed by atoms with van der Waals surface area (Å²) in [5.41, 5.74) is -0.131. The Labute approximate surface area is 178 Å². The average Bonchev–Trinajstić information content (AvgIpc) is 2.78. The molecular formula is C21H21F3N2O4S. The van der Waals surface area contributed by atoms with Crippen molar-refractivity contribution in [3.05, 3.63) is 59.4 Å². The topological polar surface area (TPSA) is 75.7 Å². The van der Waals surface area contributed by atoms with Crippen molar-refractivity contribution in [3.8, 4) is 5.75 Å². The van der Waals surface area contributed by atoms with Gasteiger partial charge in [-0.3, -0.25) is 4.79 Å². The lowest BCUT2D eigenvalue weighted by atomic mass is 10.2. The van der Waals surface area contributed by atoms with E-state index in [0.717, 1.165) is 31.4 Å². The zero-order valence-corrected chi connectivity index (χ0v) is 17.5. The van der Waals surface area contributed by atoms with Gasteiger partial charge in [0.25, 0.3) is 0 Å². The first kappa shape index (κ1) is 22.8. The molecular weight excluding hydrogens is 433 g/mol. The van der Waals surface area contributed by atoms with Gasteiger partial charge in [0.05, 0.1) is 12.8 Å². The third-order valence-electron chi connectivity index (χ3n) is 4.84. The van der Waals surface area contributed by atoms with E-state index >= 15 is 0 Å². The lowest BCUT2D eigenvalue weighted by Gasteiger charge is -2.26. The highest BCUT2D eigenvalue weighted by molar-refractivity contribution is 7.89. The number of nitrogens with one attached hydrogen (secondary N) is 1. The second kappa shape index (κ2) is 9.52. The number of sulfonamides is 1. The predicted octanol–water partition coefficient (Wildman–Crippen LogP) is 3.94. The van der Waals surface area contributed by atoms with Crippen LogP contribution in [0, 0.1) is 17.5 Å². The number of carbonyl (C=O) groups is 1. The number of rotatable bonds is 6. The first-order chi connectivity index (χ1) is 14.7. The summed E-state index contributed by atoms with van der Waals surface area (Å²) in [4.78, 5) is 12.0. The Morgan fingerprint density at radius 3 is 2.45 bits per heavy atom. The van der Waals surface area contributed by atoms with Crippen molar-refractivity contribution >= 4 is 27.7 Å². The van der Waals surface area contributed by atoms with Gasteiger partial charge in [0.15, 0.2) is 17.5 Å². The average molecular weight is 454 g/mol. The van der Waals surface area contributed by atoms with Crippen molar-refractivity contribution in [1.29, 1.82) is 0 Å². The lowest BCUT2D eigenvalue weighted by molar-refractivity contribution is -0.111. The van der Waals surface area contributed by atoms with Gasteiger partial charge in [-0.2, -0.15) is 4.31 Å². The molecule has 0 spiro atoms. The number of piperidine rings is 1. The zero-order chi connectivity index (χ0) is 22.6. The summed E-state index contributed by atoms with van der Waals surface area (Å²) in [7, 11) is -2.42. The number of anilines is 1. The molecule has 1 saturated heterocycles. The van der Waals surface area contributed by atoms with Crippen LogP contribution in [-0.2, 0) is 14.8 Å². The standard InChI is InChI=1S/C21H21F3N2O4S/c1-30-17-9-5-14(13-18(17)31(28,29)26-11-3-2-4-12-26)6-10-19(27)25-16-8-7-15(22)20(23)21(16)24/h5-10,13H,2-4,11-12H2,1H3,(H,25,27)/b10-6+. The summed E-state index contributed by atoms with van der Waals surface area (Å²) >= 11 is 0. The molecule has 1 fully saturated rings. The van der Waals surface area contributed by atoms with Crippen LogP contribution in [0.15, 0.2) is 41.3 Å². The van der Waals surface area contributed by atoms with Crippen molar-refractivity contribution < 1.29 is 31.1 Å². The third-order valence-corrected chi connectivity index (χ3v) is 6.76. The fourth-order valence-corrected chi connectivity index (χ4v) is 4.92. The van der Waals surface area contributed by atoms with E-state index in [1.807, 2.05) is 0 Å². The molecule has 31 heavy (non-hydrogen) atoms. The number of amides is 1. The van der Waals surface area contributed by atoms with E-state index in [0.29, 0.717) is 24.7 Å². The molecule has 1 N–H and O–H groups in total. The molecule has 0 aliphatic carbocycles. The van der Waals surface area contributed by atoms with E-state index in [9.17, 15) is 26.4 Å². The zero-order valence-electron chi connectivity index (χ0n) is 16.7. The van der Waals surface area contributed by atoms with Gasteiger partial charge in [-0.1, -0.05) is 12.5 Å². The van der Waals surface area contributed by atoms with Crippen molar-refractivity contribution in [2.75, 3.05) is 25.5 Å². The van der Waals surface area contributed by atoms with E-state index in [2.05, 4.69) is 5.32 Å². The van der Waals surface area contributed by atoms with Crippen LogP contribution in [0.5, 0.6) is 5.75 Å². The largest absolute Gasteiger partial charge is 0.495 e. The highest BCUT2D eigenvalue weighted by Gasteiger charge is 2.29. The van der Waals surface area contributed by atoms with Crippen LogP contribution >= 0.6 is 0 Å². The van der Waals surface area contributed by atoms with Gasteiger partial charge < -0.3 is 10.1 Å². The Bertz CT molecular complexity index is 1110. The van der Waals surface area contributed by atoms with Gasteiger partial charge in [0.2, 0.25) is 15.9 Å². The SMILES string of the molecule is COc1ccc(/C=C/C(=O)Nc2ccc(F)c(F)c2F)cc1S(=O)(=O)N1CCCCC1. The fraction of sp³-hybridized carbons (Fsp3) is 0.286. The number of hydrogen-bond donors (Lipinski definition) is 1. The van der Waals surface area contributed by atoms with E-state index in [-0.39, 0.29) is 10.6 Å². The van der Waals surface area contributed by atoms with Crippen LogP contribution in [0.3, 0.4) is 0 Å². The molecule has 1 heterocycles. The number of nitrogens with zero attached hydrogens (tertiary/aromatic N) is 1. The van der Waals surface area contributed by atoms with Crippen molar-refractivity contribution in [3.63, 3.8) is 0 Å². The second-order valence-corrected chi connectivity index (χ2v) is 8.83. The summed E-state index contributed by atoms with van der Waals surface area (Å²) in [6.45, 7) is 0.849. The van der Waals surface area contributed by atoms with Crippen LogP contribution in [0.25, 0.3) is 6.08 Å². The summed E-state index contributed by atoms with van der Waals surface area (Å²) in [6, 6.07) is 6.00. The number of carbonyl (C=O) groups excluding carboxylic acids is 1. The van der Waals surface area contributed by atoms with Gasteiger partial charge >= 0.3 is 0 Å². The summed E-state index contributed by atoms with van der Waals surface area (Å²) in [5.74, 6) is -5.20. The maximum atomic E-state index is 13.7. The third kappa shape index (κ3) is 5.08. The number of benzene rings is 2. The maximum Gasteiger partial charge on any atom is 0.248 e. The Morgan fingerprint density at radius 2 is 1.77 bits per heavy atom. The lowest BCUT2D eigenvalue weighted by Crippen LogP contribution is -2.35. The first-order valence-corrected chi connectivity index (χ1v) is 11.0. The molecule has 3 rings (SSSR count). The molecule has 2 aromatic carbocycles. The number of methoxy groups -OCH3 is 1. The minimum atomic E-state index is -3.78. The minimum Gasteiger partial charge on any atom is -0.495 e. The van der Waals surface area contributed by atoms with Gasteiger partial charge in [-0.15, -0.1) is 0 Å². The van der Waals surface area contributed by atoms with Crippen molar-refractivity contribution in [1.82, 2.24) is 4.31 Å². The van der Waals surface area contributed by atoms with E-state index < -0.39 is 39.1 Å². The normalized spacial score (nSPS) is 15.2. The van der Waals surface area contributed by atoms with Crippen LogP contribution in [0.4, 0.5) is 18.9 Å². The molecule has 0 radical (unpaired) electrons. The molecule has 2 aromatic rings. The van der Waals surface area contributed by atoms with Gasteiger partial charge in [-0.05, 0) is 48.7 Å². The molecule has 0 aromatic heterocycles. The Morgan fingerprint density at radius 1 is 1.06 bits per heavy atom. The molecule has 1 aliphatic rings. The highest BCUT2D eigenvalue weighted by atomic mass is 32.2. The molecule has 0 saturated carbocycles. The number of hydrogen-bond acceptors (Lipinski definition) is 4. The molecule has 0 atom stereocenters. The summed E-state index contributed by atoms with van der Waals surface area (Å²) in [5, 5.41) is 2.11. The van der Waals surface area contributed by atoms with Crippen LogP contribution in [0.2, 0.25) is 0 Å². The summed E-state index contributed by atoms with van der Waals surface area (Å²) in [6.07, 6.45) is 4.88. The Balaban J connectivity index is 1.82. The maximum absolute atomic E-state index is 13.7. The molecule has 0 bridgehead atoms. The van der Waals surface area contributed by atoms with Gasteiger partial charge in [-0.25, -0.2) is 21.6 Å². The quantitative estimate of drug-likeness (QED) is 0.530. The first-order valence-electron chi connectivity index (χ1n) is 9.55. The van der Waals surface area contributed by atoms with E-state index in [4.69, 9.17) is 4.74 Å². The van der Waals surface area contributed by atoms with E-state index in [1.165, 1.54) is 29.6 Å². The second-order valence-electron chi connectivity index (χ2n) is 6.92. The van der Waals surface area contributed by atoms with Crippen LogP contribution < -0.4 is 10.1 Å². The fourth-order valence-electron chi connectivity index (χ4n) is 3.21. The molecule has 10 heteroatoms. The molecule has 166 valence electrons. The Hall–Kier alpha value is -2.85. The highest BCUT2D eigenvalue weighted by Crippen LogP contribution is 2.30. The van der Waals surface area contributed by atoms with Crippen molar-refractivity contribution in [2.45, 2.75) is 24.2 Å². The molecule has 1 aliphatic heterocycles. The number of ether oxygens (including phenoxy) is 1. The molecule has 6 nitrogen and oxygen atoms in total. The number of halogens is 3. The van der Waals surface area contributed by atoms with Crippen LogP contribution in [0.1, 0.15) is 24.8 Å². The van der Waals surface area contributed by atoms with Gasteiger partial charge in [0.1, 0.15) is 10.6 Å². The minimum absolute atomic E-state index is 0.0221. The van der Waals surface area contributed by atoms with E-state index in [1.54, 1.807) is 6.07 Å². The monoisotopic (exact) mass is 454 g/mol. The smallest absolute Gasteiger partial charge is 0.248 e.